The number of hydrogen-bond donors (Lipinski definition) is 2. The van der Waals surface area contributed by atoms with Crippen molar-refractivity contribution in [2.75, 3.05) is 23.7 Å². The number of aromatic nitrogens is 2. The van der Waals surface area contributed by atoms with Crippen LogP contribution in [0.1, 0.15) is 25.7 Å². The molecule has 0 unspecified atom stereocenters. The molecule has 0 atom stereocenters. The van der Waals surface area contributed by atoms with Gasteiger partial charge in [0.15, 0.2) is 0 Å². The van der Waals surface area contributed by atoms with E-state index in [1.54, 1.807) is 0 Å². The molecular formula is C12H17N5. The van der Waals surface area contributed by atoms with E-state index in [1.807, 2.05) is 12.1 Å². The van der Waals surface area contributed by atoms with Gasteiger partial charge in [-0.05, 0) is 12.3 Å². The second-order valence-corrected chi connectivity index (χ2v) is 4.31. The summed E-state index contributed by atoms with van der Waals surface area (Å²) in [5, 5.41) is 14.7. The fourth-order valence-corrected chi connectivity index (χ4v) is 1.87. The van der Waals surface area contributed by atoms with Gasteiger partial charge in [0.1, 0.15) is 24.5 Å². The molecule has 0 spiro atoms. The third-order valence-electron chi connectivity index (χ3n) is 3.10. The predicted molar refractivity (Wildman–Crippen MR) is 66.6 cm³/mol. The summed E-state index contributed by atoms with van der Waals surface area (Å²) in [5.41, 5.74) is 0. The van der Waals surface area contributed by atoms with Gasteiger partial charge in [0.25, 0.3) is 0 Å². The first-order valence-electron chi connectivity index (χ1n) is 6.05. The summed E-state index contributed by atoms with van der Waals surface area (Å²) in [5.74, 6) is 2.41. The number of anilines is 2. The smallest absolute Gasteiger partial charge is 0.132 e. The van der Waals surface area contributed by atoms with Gasteiger partial charge < -0.3 is 10.6 Å². The normalized spacial score (nSPS) is 14.8. The standard InChI is InChI=1S/C12H17N5/c13-5-7-15-12-8-11(16-9-17-12)14-6-4-10-2-1-3-10/h8-10H,1-4,6-7H2,(H2,14,15,16,17). The molecule has 17 heavy (non-hydrogen) atoms. The quantitative estimate of drug-likeness (QED) is 0.733. The van der Waals surface area contributed by atoms with E-state index in [1.165, 1.54) is 32.0 Å². The van der Waals surface area contributed by atoms with Gasteiger partial charge in [-0.3, -0.25) is 0 Å². The van der Waals surface area contributed by atoms with Crippen LogP contribution in [0.4, 0.5) is 11.6 Å². The zero-order chi connectivity index (χ0) is 11.9. The minimum atomic E-state index is 0.262. The van der Waals surface area contributed by atoms with Crippen molar-refractivity contribution in [2.45, 2.75) is 25.7 Å². The molecule has 1 aromatic heterocycles. The van der Waals surface area contributed by atoms with E-state index in [0.29, 0.717) is 5.82 Å². The first-order valence-corrected chi connectivity index (χ1v) is 6.05. The van der Waals surface area contributed by atoms with E-state index in [4.69, 9.17) is 5.26 Å². The zero-order valence-electron chi connectivity index (χ0n) is 9.82. The van der Waals surface area contributed by atoms with Crippen LogP contribution in [0.2, 0.25) is 0 Å². The number of hydrogen-bond acceptors (Lipinski definition) is 5. The Morgan fingerprint density at radius 2 is 2.06 bits per heavy atom. The van der Waals surface area contributed by atoms with E-state index in [2.05, 4.69) is 20.6 Å². The fraction of sp³-hybridized carbons (Fsp3) is 0.583. The Morgan fingerprint density at radius 3 is 2.71 bits per heavy atom. The van der Waals surface area contributed by atoms with Crippen molar-refractivity contribution in [3.8, 4) is 6.07 Å². The molecule has 2 N–H and O–H groups in total. The predicted octanol–water partition coefficient (Wildman–Crippen LogP) is 2.01. The Labute approximate surface area is 101 Å². The number of nitrogens with one attached hydrogen (secondary N) is 2. The number of nitrogens with zero attached hydrogens (tertiary/aromatic N) is 3. The Morgan fingerprint density at radius 1 is 1.29 bits per heavy atom. The summed E-state index contributed by atoms with van der Waals surface area (Å²) in [4.78, 5) is 8.18. The molecule has 0 amide bonds. The highest BCUT2D eigenvalue weighted by molar-refractivity contribution is 5.46. The van der Waals surface area contributed by atoms with E-state index < -0.39 is 0 Å². The average Bonchev–Trinajstić information content (AvgIpc) is 2.30. The summed E-state index contributed by atoms with van der Waals surface area (Å²) < 4.78 is 0. The molecule has 0 aromatic carbocycles. The maximum absolute atomic E-state index is 8.46. The van der Waals surface area contributed by atoms with Crippen LogP contribution < -0.4 is 10.6 Å². The molecule has 1 fully saturated rings. The van der Waals surface area contributed by atoms with Gasteiger partial charge in [-0.15, -0.1) is 0 Å². The van der Waals surface area contributed by atoms with Gasteiger partial charge in [-0.25, -0.2) is 9.97 Å². The van der Waals surface area contributed by atoms with Crippen LogP contribution in [-0.2, 0) is 0 Å². The maximum Gasteiger partial charge on any atom is 0.132 e. The van der Waals surface area contributed by atoms with Gasteiger partial charge >= 0.3 is 0 Å². The molecule has 1 aromatic rings. The lowest BCUT2D eigenvalue weighted by atomic mass is 9.83. The molecule has 5 nitrogen and oxygen atoms in total. The molecule has 1 aliphatic carbocycles. The summed E-state index contributed by atoms with van der Waals surface area (Å²) in [6.07, 6.45) is 6.86. The molecule has 0 radical (unpaired) electrons. The van der Waals surface area contributed by atoms with Crippen molar-refractivity contribution >= 4 is 11.6 Å². The lowest BCUT2D eigenvalue weighted by Gasteiger charge is -2.25. The van der Waals surface area contributed by atoms with Crippen molar-refractivity contribution in [2.24, 2.45) is 5.92 Å². The summed E-state index contributed by atoms with van der Waals surface area (Å²) >= 11 is 0. The molecule has 1 saturated carbocycles. The highest BCUT2D eigenvalue weighted by atomic mass is 15.1. The largest absolute Gasteiger partial charge is 0.370 e. The van der Waals surface area contributed by atoms with Gasteiger partial charge in [0, 0.05) is 12.6 Å². The summed E-state index contributed by atoms with van der Waals surface area (Å²) in [7, 11) is 0. The molecule has 0 saturated heterocycles. The summed E-state index contributed by atoms with van der Waals surface area (Å²) in [6, 6.07) is 3.85. The molecule has 0 aliphatic heterocycles. The van der Waals surface area contributed by atoms with E-state index in [-0.39, 0.29) is 6.54 Å². The van der Waals surface area contributed by atoms with E-state index in [9.17, 15) is 0 Å². The minimum Gasteiger partial charge on any atom is -0.370 e. The Balaban J connectivity index is 1.76. The molecular weight excluding hydrogens is 214 g/mol. The first-order chi connectivity index (χ1) is 8.38. The number of nitriles is 1. The molecule has 5 heteroatoms. The van der Waals surface area contributed by atoms with E-state index >= 15 is 0 Å². The van der Waals surface area contributed by atoms with Crippen LogP contribution in [0.5, 0.6) is 0 Å². The second-order valence-electron chi connectivity index (χ2n) is 4.31. The van der Waals surface area contributed by atoms with Crippen molar-refractivity contribution < 1.29 is 0 Å². The molecule has 1 aliphatic rings. The lowest BCUT2D eigenvalue weighted by Crippen LogP contribution is -2.16. The van der Waals surface area contributed by atoms with Gasteiger partial charge in [0.05, 0.1) is 6.07 Å². The lowest BCUT2D eigenvalue weighted by molar-refractivity contribution is 0.303. The van der Waals surface area contributed by atoms with Crippen LogP contribution >= 0.6 is 0 Å². The topological polar surface area (TPSA) is 73.6 Å². The maximum atomic E-state index is 8.46. The van der Waals surface area contributed by atoms with Crippen molar-refractivity contribution in [3.63, 3.8) is 0 Å². The third-order valence-corrected chi connectivity index (χ3v) is 3.10. The highest BCUT2D eigenvalue weighted by Crippen LogP contribution is 2.29. The van der Waals surface area contributed by atoms with Crippen LogP contribution in [0.15, 0.2) is 12.4 Å². The summed E-state index contributed by atoms with van der Waals surface area (Å²) in [6.45, 7) is 1.22. The van der Waals surface area contributed by atoms with Crippen LogP contribution in [0.3, 0.4) is 0 Å². The first kappa shape index (κ1) is 11.6. The zero-order valence-corrected chi connectivity index (χ0v) is 9.82. The number of rotatable bonds is 6. The van der Waals surface area contributed by atoms with Crippen LogP contribution in [0.25, 0.3) is 0 Å². The van der Waals surface area contributed by atoms with Gasteiger partial charge in [0.2, 0.25) is 0 Å². The van der Waals surface area contributed by atoms with Crippen molar-refractivity contribution in [3.05, 3.63) is 12.4 Å². The molecule has 2 rings (SSSR count). The van der Waals surface area contributed by atoms with Crippen LogP contribution in [-0.4, -0.2) is 23.1 Å². The average molecular weight is 231 g/mol. The Kier molecular flexibility index (Phi) is 4.14. The minimum absolute atomic E-state index is 0.262. The van der Waals surface area contributed by atoms with E-state index in [0.717, 1.165) is 18.3 Å². The second kappa shape index (κ2) is 6.04. The SMILES string of the molecule is N#CCNc1cc(NCCC2CCC2)ncn1. The Hall–Kier alpha value is -1.83. The molecule has 90 valence electrons. The molecule has 0 bridgehead atoms. The third kappa shape index (κ3) is 3.59. The van der Waals surface area contributed by atoms with Crippen molar-refractivity contribution in [1.82, 2.24) is 9.97 Å². The fourth-order valence-electron chi connectivity index (χ4n) is 1.87. The van der Waals surface area contributed by atoms with Gasteiger partial charge in [-0.1, -0.05) is 19.3 Å². The molecule has 1 heterocycles. The Bertz CT molecular complexity index is 394. The highest BCUT2D eigenvalue weighted by Gasteiger charge is 2.16. The van der Waals surface area contributed by atoms with Gasteiger partial charge in [-0.2, -0.15) is 5.26 Å². The monoisotopic (exact) mass is 231 g/mol. The van der Waals surface area contributed by atoms with Crippen LogP contribution in [0, 0.1) is 17.2 Å². The van der Waals surface area contributed by atoms with Crippen molar-refractivity contribution in [1.29, 1.82) is 5.26 Å².